The minimum Gasteiger partial charge on any atom is -0.497 e. The van der Waals surface area contributed by atoms with Crippen LogP contribution in [0, 0.1) is 0 Å². The molecule has 7 heteroatoms. The first-order chi connectivity index (χ1) is 12.4. The Bertz CT molecular complexity index is 776. The zero-order valence-corrected chi connectivity index (χ0v) is 15.5. The second-order valence-corrected chi connectivity index (χ2v) is 5.92. The summed E-state index contributed by atoms with van der Waals surface area (Å²) in [5.74, 6) is -0.204. The van der Waals surface area contributed by atoms with Gasteiger partial charge in [0.1, 0.15) is 17.1 Å². The number of carbonyl (C=O) groups is 2. The van der Waals surface area contributed by atoms with E-state index in [9.17, 15) is 9.59 Å². The average Bonchev–Trinajstić information content (AvgIpc) is 2.65. The van der Waals surface area contributed by atoms with Gasteiger partial charge in [-0.2, -0.15) is 0 Å². The van der Waals surface area contributed by atoms with Crippen molar-refractivity contribution in [3.63, 3.8) is 0 Å². The fraction of sp³-hybridized carbons (Fsp3) is 0.263. The van der Waals surface area contributed by atoms with Gasteiger partial charge in [-0.1, -0.05) is 23.7 Å². The molecule has 0 saturated heterocycles. The Labute approximate surface area is 157 Å². The molecule has 0 spiro atoms. The molecule has 0 aliphatic rings. The number of nitrogens with one attached hydrogen (secondary N) is 1. The van der Waals surface area contributed by atoms with Crippen molar-refractivity contribution >= 4 is 23.5 Å². The van der Waals surface area contributed by atoms with E-state index in [-0.39, 0.29) is 11.6 Å². The lowest BCUT2D eigenvalue weighted by Crippen LogP contribution is -2.31. The van der Waals surface area contributed by atoms with Gasteiger partial charge >= 0.3 is 5.97 Å². The van der Waals surface area contributed by atoms with Gasteiger partial charge in [-0.05, 0) is 36.8 Å². The monoisotopic (exact) mass is 377 g/mol. The molecule has 1 amide bonds. The number of methoxy groups -OCH3 is 2. The molecule has 0 aliphatic heterocycles. The van der Waals surface area contributed by atoms with Gasteiger partial charge in [0.2, 0.25) is 0 Å². The first-order valence-electron chi connectivity index (χ1n) is 7.88. The fourth-order valence-electron chi connectivity index (χ4n) is 2.29. The summed E-state index contributed by atoms with van der Waals surface area (Å²) in [7, 11) is 2.95. The third kappa shape index (κ3) is 5.13. The van der Waals surface area contributed by atoms with Crippen LogP contribution >= 0.6 is 11.6 Å². The van der Waals surface area contributed by atoms with Gasteiger partial charge in [0, 0.05) is 11.1 Å². The Morgan fingerprint density at radius 3 is 2.38 bits per heavy atom. The van der Waals surface area contributed by atoms with E-state index in [4.69, 9.17) is 25.8 Å². The van der Waals surface area contributed by atoms with Crippen molar-refractivity contribution in [3.05, 3.63) is 58.6 Å². The molecule has 138 valence electrons. The topological polar surface area (TPSA) is 73.9 Å². The van der Waals surface area contributed by atoms with Gasteiger partial charge in [-0.3, -0.25) is 4.79 Å². The Balaban J connectivity index is 1.92. The number of esters is 1. The number of hydrogen-bond acceptors (Lipinski definition) is 5. The molecular formula is C19H20ClNO5. The lowest BCUT2D eigenvalue weighted by atomic mass is 10.1. The van der Waals surface area contributed by atoms with Crippen LogP contribution in [0.1, 0.15) is 28.9 Å². The number of amides is 1. The molecule has 0 radical (unpaired) electrons. The minimum atomic E-state index is -0.654. The lowest BCUT2D eigenvalue weighted by molar-refractivity contribution is -0.124. The number of hydrogen-bond donors (Lipinski definition) is 1. The number of halogens is 1. The van der Waals surface area contributed by atoms with Crippen molar-refractivity contribution in [1.82, 2.24) is 5.32 Å². The van der Waals surface area contributed by atoms with E-state index in [1.54, 1.807) is 24.3 Å². The van der Waals surface area contributed by atoms with Crippen LogP contribution in [0.5, 0.6) is 11.5 Å². The number of rotatable bonds is 7. The Hall–Kier alpha value is -2.73. The van der Waals surface area contributed by atoms with Crippen LogP contribution in [0.25, 0.3) is 0 Å². The first-order valence-corrected chi connectivity index (χ1v) is 8.26. The van der Waals surface area contributed by atoms with Crippen molar-refractivity contribution in [2.24, 2.45) is 0 Å². The highest BCUT2D eigenvalue weighted by atomic mass is 35.5. The third-order valence-electron chi connectivity index (χ3n) is 3.71. The van der Waals surface area contributed by atoms with E-state index < -0.39 is 18.5 Å². The molecule has 0 aliphatic carbocycles. The maximum atomic E-state index is 12.2. The molecule has 0 saturated carbocycles. The van der Waals surface area contributed by atoms with Crippen molar-refractivity contribution in [2.75, 3.05) is 20.8 Å². The zero-order chi connectivity index (χ0) is 19.1. The van der Waals surface area contributed by atoms with Crippen molar-refractivity contribution in [3.8, 4) is 11.5 Å². The molecule has 0 heterocycles. The Morgan fingerprint density at radius 2 is 1.77 bits per heavy atom. The number of benzene rings is 2. The maximum Gasteiger partial charge on any atom is 0.342 e. The molecule has 2 aromatic carbocycles. The highest BCUT2D eigenvalue weighted by molar-refractivity contribution is 6.30. The smallest absolute Gasteiger partial charge is 0.342 e. The lowest BCUT2D eigenvalue weighted by Gasteiger charge is -2.15. The highest BCUT2D eigenvalue weighted by Gasteiger charge is 2.17. The molecular weight excluding hydrogens is 358 g/mol. The summed E-state index contributed by atoms with van der Waals surface area (Å²) in [5, 5.41) is 3.38. The molecule has 1 atom stereocenters. The summed E-state index contributed by atoms with van der Waals surface area (Å²) in [6.07, 6.45) is 0. The molecule has 1 N–H and O–H groups in total. The largest absolute Gasteiger partial charge is 0.497 e. The van der Waals surface area contributed by atoms with E-state index in [0.717, 1.165) is 5.56 Å². The van der Waals surface area contributed by atoms with Gasteiger partial charge in [0.05, 0.1) is 20.3 Å². The van der Waals surface area contributed by atoms with Gasteiger partial charge in [0.25, 0.3) is 5.91 Å². The quantitative estimate of drug-likeness (QED) is 0.748. The van der Waals surface area contributed by atoms with E-state index >= 15 is 0 Å². The zero-order valence-electron chi connectivity index (χ0n) is 14.7. The maximum absolute atomic E-state index is 12.2. The fourth-order valence-corrected chi connectivity index (χ4v) is 2.42. The Kier molecular flexibility index (Phi) is 6.86. The van der Waals surface area contributed by atoms with Crippen LogP contribution in [0.4, 0.5) is 0 Å². The van der Waals surface area contributed by atoms with Crippen LogP contribution in [-0.4, -0.2) is 32.7 Å². The SMILES string of the molecule is COc1ccc(C(=O)OCC(=O)N[C@@H](C)c2ccc(Cl)cc2)c(OC)c1. The molecule has 0 fully saturated rings. The molecule has 0 unspecified atom stereocenters. The predicted molar refractivity (Wildman–Crippen MR) is 97.8 cm³/mol. The third-order valence-corrected chi connectivity index (χ3v) is 3.96. The van der Waals surface area contributed by atoms with E-state index in [2.05, 4.69) is 5.32 Å². The van der Waals surface area contributed by atoms with Crippen molar-refractivity contribution < 1.29 is 23.8 Å². The summed E-state index contributed by atoms with van der Waals surface area (Å²) in [5.41, 5.74) is 1.11. The van der Waals surface area contributed by atoms with E-state index in [1.165, 1.54) is 20.3 Å². The molecule has 26 heavy (non-hydrogen) atoms. The van der Waals surface area contributed by atoms with Crippen LogP contribution < -0.4 is 14.8 Å². The predicted octanol–water partition coefficient (Wildman–Crippen LogP) is 3.39. The van der Waals surface area contributed by atoms with Crippen molar-refractivity contribution in [2.45, 2.75) is 13.0 Å². The summed E-state index contributed by atoms with van der Waals surface area (Å²) in [6.45, 7) is 1.43. The second kappa shape index (κ2) is 9.10. The van der Waals surface area contributed by atoms with Gasteiger partial charge in [0.15, 0.2) is 6.61 Å². The van der Waals surface area contributed by atoms with Crippen LogP contribution in [0.15, 0.2) is 42.5 Å². The molecule has 2 aromatic rings. The molecule has 6 nitrogen and oxygen atoms in total. The summed E-state index contributed by atoms with van der Waals surface area (Å²) >= 11 is 5.85. The van der Waals surface area contributed by atoms with E-state index in [0.29, 0.717) is 16.5 Å². The molecule has 0 bridgehead atoms. The summed E-state index contributed by atoms with van der Waals surface area (Å²) in [4.78, 5) is 24.2. The normalized spacial score (nSPS) is 11.4. The Morgan fingerprint density at radius 1 is 1.08 bits per heavy atom. The highest BCUT2D eigenvalue weighted by Crippen LogP contribution is 2.25. The average molecular weight is 378 g/mol. The molecule has 2 rings (SSSR count). The number of carbonyl (C=O) groups excluding carboxylic acids is 2. The van der Waals surface area contributed by atoms with Gasteiger partial charge < -0.3 is 19.5 Å². The summed E-state index contributed by atoms with van der Waals surface area (Å²) < 4.78 is 15.3. The first kappa shape index (κ1) is 19.6. The van der Waals surface area contributed by atoms with Crippen LogP contribution in [-0.2, 0) is 9.53 Å². The van der Waals surface area contributed by atoms with Gasteiger partial charge in [-0.25, -0.2) is 4.79 Å². The minimum absolute atomic E-state index is 0.215. The summed E-state index contributed by atoms with van der Waals surface area (Å²) in [6, 6.07) is 11.6. The van der Waals surface area contributed by atoms with E-state index in [1.807, 2.05) is 19.1 Å². The second-order valence-electron chi connectivity index (χ2n) is 5.48. The van der Waals surface area contributed by atoms with Crippen LogP contribution in [0.2, 0.25) is 5.02 Å². The molecule has 0 aromatic heterocycles. The van der Waals surface area contributed by atoms with Crippen LogP contribution in [0.3, 0.4) is 0 Å². The van der Waals surface area contributed by atoms with Gasteiger partial charge in [-0.15, -0.1) is 0 Å². The standard InChI is InChI=1S/C19H20ClNO5/c1-12(13-4-6-14(20)7-5-13)21-18(22)11-26-19(23)16-9-8-15(24-2)10-17(16)25-3/h4-10,12H,11H2,1-3H3,(H,21,22)/t12-/m0/s1. The van der Waals surface area contributed by atoms with Crippen molar-refractivity contribution in [1.29, 1.82) is 0 Å². The number of ether oxygens (including phenoxy) is 3.